The van der Waals surface area contributed by atoms with Crippen molar-refractivity contribution >= 4 is 26.5 Å². The van der Waals surface area contributed by atoms with Crippen molar-refractivity contribution in [1.82, 2.24) is 9.88 Å². The molecule has 2 heterocycles. The fourth-order valence-electron chi connectivity index (χ4n) is 5.86. The van der Waals surface area contributed by atoms with Crippen LogP contribution in [0.5, 0.6) is 0 Å². The highest BCUT2D eigenvalue weighted by Crippen LogP contribution is 2.46. The van der Waals surface area contributed by atoms with Gasteiger partial charge in [0.05, 0.1) is 10.5 Å². The molecule has 172 valence electrons. The maximum absolute atomic E-state index is 13.8. The Balaban J connectivity index is 1.48. The van der Waals surface area contributed by atoms with Crippen LogP contribution in [0.2, 0.25) is 0 Å². The van der Waals surface area contributed by atoms with E-state index in [1.165, 1.54) is 16.3 Å². The van der Waals surface area contributed by atoms with Crippen LogP contribution in [0.4, 0.5) is 0 Å². The lowest BCUT2D eigenvalue weighted by Crippen LogP contribution is -2.50. The summed E-state index contributed by atoms with van der Waals surface area (Å²) in [4.78, 5) is 19.3. The van der Waals surface area contributed by atoms with Crippen LogP contribution in [0.3, 0.4) is 0 Å². The zero-order chi connectivity index (χ0) is 22.9. The van der Waals surface area contributed by atoms with E-state index >= 15 is 0 Å². The second-order valence-corrected chi connectivity index (χ2v) is 12.0. The molecule has 2 unspecified atom stereocenters. The van der Waals surface area contributed by atoms with E-state index in [0.29, 0.717) is 19.4 Å². The molecule has 1 aliphatic heterocycles. The van der Waals surface area contributed by atoms with Crippen LogP contribution in [-0.4, -0.2) is 41.3 Å². The zero-order valence-corrected chi connectivity index (χ0v) is 19.6. The predicted octanol–water partition coefficient (Wildman–Crippen LogP) is 4.55. The monoisotopic (exact) mass is 462 g/mol. The fourth-order valence-corrected chi connectivity index (χ4v) is 8.24. The molecule has 1 aliphatic carbocycles. The molecule has 2 aliphatic rings. The topological polar surface area (TPSA) is 67.3 Å². The Kier molecular flexibility index (Phi) is 5.95. The van der Waals surface area contributed by atoms with Gasteiger partial charge in [0.15, 0.2) is 9.84 Å². The Labute approximate surface area is 195 Å². The number of amides is 1. The van der Waals surface area contributed by atoms with Crippen molar-refractivity contribution in [3.8, 4) is 0 Å². The quantitative estimate of drug-likeness (QED) is 0.570. The summed E-state index contributed by atoms with van der Waals surface area (Å²) in [5.74, 6) is -0.0699. The summed E-state index contributed by atoms with van der Waals surface area (Å²) in [5, 5.41) is 2.35. The van der Waals surface area contributed by atoms with Gasteiger partial charge in [0.2, 0.25) is 5.91 Å². The van der Waals surface area contributed by atoms with Gasteiger partial charge in [-0.25, -0.2) is 8.42 Å². The van der Waals surface area contributed by atoms with Gasteiger partial charge in [0, 0.05) is 31.9 Å². The molecule has 33 heavy (non-hydrogen) atoms. The third-order valence-corrected chi connectivity index (χ3v) is 10.3. The number of fused-ring (bicyclic) bond motifs is 1. The molecule has 0 bridgehead atoms. The van der Waals surface area contributed by atoms with Gasteiger partial charge in [-0.05, 0) is 53.1 Å². The number of benzene rings is 2. The molecule has 1 saturated carbocycles. The first-order valence-corrected chi connectivity index (χ1v) is 13.5. The first-order chi connectivity index (χ1) is 16.0. The number of nitrogens with zero attached hydrogens (tertiary/aromatic N) is 2. The van der Waals surface area contributed by atoms with Gasteiger partial charge in [-0.3, -0.25) is 9.78 Å². The minimum absolute atomic E-state index is 0.0328. The first kappa shape index (κ1) is 22.1. The SMILES string of the molecule is O=C1CC2(CCCCC2Cc2cccc3ccccc23)S(=O)(=O)CCN1Cc1cccnc1. The number of aromatic nitrogens is 1. The Morgan fingerprint density at radius 1 is 1.03 bits per heavy atom. The second kappa shape index (κ2) is 8.90. The van der Waals surface area contributed by atoms with Gasteiger partial charge >= 0.3 is 0 Å². The van der Waals surface area contributed by atoms with Gasteiger partial charge in [-0.2, -0.15) is 0 Å². The third-order valence-electron chi connectivity index (χ3n) is 7.64. The Morgan fingerprint density at radius 3 is 2.73 bits per heavy atom. The molecule has 1 amide bonds. The molecule has 2 fully saturated rings. The van der Waals surface area contributed by atoms with Crippen molar-refractivity contribution in [3.05, 3.63) is 78.1 Å². The largest absolute Gasteiger partial charge is 0.337 e. The average molecular weight is 463 g/mol. The molecular weight excluding hydrogens is 432 g/mol. The van der Waals surface area contributed by atoms with Crippen LogP contribution in [0.25, 0.3) is 10.8 Å². The Hall–Kier alpha value is -2.73. The highest BCUT2D eigenvalue weighted by molar-refractivity contribution is 7.92. The van der Waals surface area contributed by atoms with E-state index < -0.39 is 14.6 Å². The Morgan fingerprint density at radius 2 is 1.88 bits per heavy atom. The van der Waals surface area contributed by atoms with Gasteiger partial charge < -0.3 is 4.90 Å². The van der Waals surface area contributed by atoms with E-state index in [4.69, 9.17) is 0 Å². The summed E-state index contributed by atoms with van der Waals surface area (Å²) >= 11 is 0. The third kappa shape index (κ3) is 4.17. The lowest BCUT2D eigenvalue weighted by Gasteiger charge is -2.42. The summed E-state index contributed by atoms with van der Waals surface area (Å²) in [6.45, 7) is 0.658. The molecule has 5 nitrogen and oxygen atoms in total. The summed E-state index contributed by atoms with van der Waals surface area (Å²) in [6.07, 6.45) is 7.53. The van der Waals surface area contributed by atoms with Crippen LogP contribution >= 0.6 is 0 Å². The van der Waals surface area contributed by atoms with Crippen LogP contribution in [0, 0.1) is 5.92 Å². The van der Waals surface area contributed by atoms with E-state index in [1.807, 2.05) is 24.3 Å². The van der Waals surface area contributed by atoms with Crippen LogP contribution in [0.15, 0.2) is 67.0 Å². The van der Waals surface area contributed by atoms with E-state index in [0.717, 1.165) is 24.8 Å². The van der Waals surface area contributed by atoms with Gasteiger partial charge in [0.25, 0.3) is 0 Å². The molecule has 1 aromatic heterocycles. The molecule has 1 spiro atoms. The lowest BCUT2D eigenvalue weighted by atomic mass is 9.73. The molecular formula is C27H30N2O3S. The van der Waals surface area contributed by atoms with E-state index in [1.54, 1.807) is 17.3 Å². The molecule has 0 N–H and O–H groups in total. The molecule has 0 radical (unpaired) electrons. The number of sulfone groups is 1. The van der Waals surface area contributed by atoms with Crippen molar-refractivity contribution in [2.45, 2.75) is 49.8 Å². The normalized spacial score (nSPS) is 25.3. The van der Waals surface area contributed by atoms with Crippen molar-refractivity contribution in [2.75, 3.05) is 12.3 Å². The summed E-state index contributed by atoms with van der Waals surface area (Å²) in [5.41, 5.74) is 2.11. The number of hydrogen-bond acceptors (Lipinski definition) is 4. The Bertz CT molecular complexity index is 1250. The van der Waals surface area contributed by atoms with Crippen molar-refractivity contribution < 1.29 is 13.2 Å². The fraction of sp³-hybridized carbons (Fsp3) is 0.407. The molecule has 6 heteroatoms. The number of pyridine rings is 1. The minimum atomic E-state index is -3.44. The van der Waals surface area contributed by atoms with E-state index in [2.05, 4.69) is 35.3 Å². The van der Waals surface area contributed by atoms with Crippen molar-refractivity contribution in [3.63, 3.8) is 0 Å². The van der Waals surface area contributed by atoms with Gasteiger partial charge in [-0.15, -0.1) is 0 Å². The predicted molar refractivity (Wildman–Crippen MR) is 130 cm³/mol. The molecule has 2 aromatic carbocycles. The molecule has 3 aromatic rings. The molecule has 5 rings (SSSR count). The highest BCUT2D eigenvalue weighted by Gasteiger charge is 2.53. The lowest BCUT2D eigenvalue weighted by molar-refractivity contribution is -0.132. The number of hydrogen-bond donors (Lipinski definition) is 0. The van der Waals surface area contributed by atoms with Crippen LogP contribution in [0.1, 0.15) is 43.2 Å². The van der Waals surface area contributed by atoms with Gasteiger partial charge in [-0.1, -0.05) is 61.4 Å². The number of carbonyl (C=O) groups excluding carboxylic acids is 1. The van der Waals surface area contributed by atoms with E-state index in [9.17, 15) is 13.2 Å². The van der Waals surface area contributed by atoms with Crippen molar-refractivity contribution in [1.29, 1.82) is 0 Å². The minimum Gasteiger partial charge on any atom is -0.337 e. The number of rotatable bonds is 4. The van der Waals surface area contributed by atoms with E-state index in [-0.39, 0.29) is 30.5 Å². The van der Waals surface area contributed by atoms with Crippen molar-refractivity contribution in [2.24, 2.45) is 5.92 Å². The zero-order valence-electron chi connectivity index (χ0n) is 18.8. The maximum atomic E-state index is 13.8. The second-order valence-electron chi connectivity index (χ2n) is 9.52. The van der Waals surface area contributed by atoms with Gasteiger partial charge in [0.1, 0.15) is 0 Å². The number of carbonyl (C=O) groups is 1. The van der Waals surface area contributed by atoms with Crippen LogP contribution in [-0.2, 0) is 27.6 Å². The summed E-state index contributed by atoms with van der Waals surface area (Å²) < 4.78 is 26.6. The van der Waals surface area contributed by atoms with Crippen LogP contribution < -0.4 is 0 Å². The summed E-state index contributed by atoms with van der Waals surface area (Å²) in [7, 11) is -3.44. The summed E-state index contributed by atoms with van der Waals surface area (Å²) in [6, 6.07) is 18.3. The average Bonchev–Trinajstić information content (AvgIpc) is 2.91. The molecule has 2 atom stereocenters. The smallest absolute Gasteiger partial charge is 0.224 e. The highest BCUT2D eigenvalue weighted by atomic mass is 32.2. The maximum Gasteiger partial charge on any atom is 0.224 e. The first-order valence-electron chi connectivity index (χ1n) is 11.8. The standard InChI is InChI=1S/C27H30N2O3S/c30-26-18-27(33(31,32)16-15-29(26)20-21-7-6-14-28-19-21)13-4-3-11-24(27)17-23-10-5-9-22-8-1-2-12-25(22)23/h1-2,5-10,12,14,19,24H,3-4,11,13,15-18,20H2. The molecule has 1 saturated heterocycles.